The molecule has 0 aromatic rings. The molecule has 2 rings (SSSR count). The Morgan fingerprint density at radius 2 is 2.05 bits per heavy atom. The Bertz CT molecular complexity index is 309. The smallest absolute Gasteiger partial charge is 0.191 e. The van der Waals surface area contributed by atoms with E-state index < -0.39 is 0 Å². The van der Waals surface area contributed by atoms with Gasteiger partial charge in [0, 0.05) is 38.8 Å². The van der Waals surface area contributed by atoms with Gasteiger partial charge in [0.1, 0.15) is 0 Å². The lowest BCUT2D eigenvalue weighted by molar-refractivity contribution is 0.265. The van der Waals surface area contributed by atoms with Crippen LogP contribution in [0.2, 0.25) is 0 Å². The van der Waals surface area contributed by atoms with Crippen LogP contribution in [0.15, 0.2) is 4.99 Å². The molecule has 0 radical (unpaired) electrons. The highest BCUT2D eigenvalue weighted by Crippen LogP contribution is 2.31. The zero-order chi connectivity index (χ0) is 13.8. The van der Waals surface area contributed by atoms with E-state index in [2.05, 4.69) is 41.3 Å². The monoisotopic (exact) mass is 266 g/mol. The van der Waals surface area contributed by atoms with Crippen LogP contribution < -0.4 is 10.6 Å². The van der Waals surface area contributed by atoms with Gasteiger partial charge in [-0.2, -0.15) is 0 Å². The normalized spacial score (nSPS) is 29.0. The average Bonchev–Trinajstić information content (AvgIpc) is 3.12. The predicted octanol–water partition coefficient (Wildman–Crippen LogP) is 1.68. The van der Waals surface area contributed by atoms with Gasteiger partial charge in [0.2, 0.25) is 0 Å². The highest BCUT2D eigenvalue weighted by atomic mass is 15.3. The summed E-state index contributed by atoms with van der Waals surface area (Å²) < 4.78 is 0. The molecule has 2 aliphatic rings. The fourth-order valence-corrected chi connectivity index (χ4v) is 2.79. The maximum Gasteiger partial charge on any atom is 0.191 e. The lowest BCUT2D eigenvalue weighted by Crippen LogP contribution is -2.47. The van der Waals surface area contributed by atoms with Crippen molar-refractivity contribution < 1.29 is 0 Å². The molecular weight excluding hydrogens is 236 g/mol. The summed E-state index contributed by atoms with van der Waals surface area (Å²) in [6.07, 6.45) is 4.15. The first-order valence-corrected chi connectivity index (χ1v) is 7.81. The molecule has 1 saturated heterocycles. The van der Waals surface area contributed by atoms with Crippen molar-refractivity contribution in [1.29, 1.82) is 0 Å². The maximum absolute atomic E-state index is 4.35. The van der Waals surface area contributed by atoms with E-state index in [0.717, 1.165) is 25.0 Å². The predicted molar refractivity (Wildman–Crippen MR) is 81.5 cm³/mol. The fraction of sp³-hybridized carbons (Fsp3) is 0.933. The molecule has 4 heteroatoms. The lowest BCUT2D eigenvalue weighted by atomic mass is 10.1. The molecule has 1 heterocycles. The van der Waals surface area contributed by atoms with Gasteiger partial charge < -0.3 is 10.6 Å². The molecule has 0 aromatic heterocycles. The molecule has 2 atom stereocenters. The van der Waals surface area contributed by atoms with Gasteiger partial charge in [0.25, 0.3) is 0 Å². The number of nitrogens with one attached hydrogen (secondary N) is 2. The highest BCUT2D eigenvalue weighted by Gasteiger charge is 2.31. The Labute approximate surface area is 118 Å². The first-order valence-electron chi connectivity index (χ1n) is 7.81. The van der Waals surface area contributed by atoms with Crippen LogP contribution >= 0.6 is 0 Å². The first kappa shape index (κ1) is 14.6. The Kier molecular flexibility index (Phi) is 5.08. The second kappa shape index (κ2) is 6.60. The van der Waals surface area contributed by atoms with Gasteiger partial charge in [-0.25, -0.2) is 0 Å². The number of guanidine groups is 1. The molecule has 19 heavy (non-hydrogen) atoms. The molecule has 4 nitrogen and oxygen atoms in total. The number of nitrogens with zero attached hydrogens (tertiary/aromatic N) is 2. The molecular formula is C15H30N4. The van der Waals surface area contributed by atoms with Crippen molar-refractivity contribution in [3.63, 3.8) is 0 Å². The summed E-state index contributed by atoms with van der Waals surface area (Å²) in [7, 11) is 1.87. The molecule has 0 aromatic carbocycles. The van der Waals surface area contributed by atoms with Gasteiger partial charge >= 0.3 is 0 Å². The van der Waals surface area contributed by atoms with Crippen molar-refractivity contribution in [1.82, 2.24) is 15.5 Å². The summed E-state index contributed by atoms with van der Waals surface area (Å²) in [5.41, 5.74) is 0. The second-order valence-corrected chi connectivity index (χ2v) is 6.51. The van der Waals surface area contributed by atoms with Crippen LogP contribution in [-0.2, 0) is 0 Å². The van der Waals surface area contributed by atoms with Crippen molar-refractivity contribution in [2.45, 2.75) is 52.1 Å². The van der Waals surface area contributed by atoms with Crippen LogP contribution in [0.3, 0.4) is 0 Å². The molecule has 1 saturated carbocycles. The molecule has 2 unspecified atom stereocenters. The minimum absolute atomic E-state index is 0.523. The van der Waals surface area contributed by atoms with E-state index in [1.807, 2.05) is 7.05 Å². The Morgan fingerprint density at radius 3 is 2.58 bits per heavy atom. The number of rotatable bonds is 5. The van der Waals surface area contributed by atoms with Crippen LogP contribution in [-0.4, -0.2) is 49.6 Å². The van der Waals surface area contributed by atoms with E-state index in [-0.39, 0.29) is 0 Å². The summed E-state index contributed by atoms with van der Waals surface area (Å²) in [4.78, 5) is 6.89. The van der Waals surface area contributed by atoms with Gasteiger partial charge in [-0.1, -0.05) is 19.8 Å². The standard InChI is InChI=1S/C15H30N4/c1-11(2)19-9-12(3)14(10-19)18-15(16-4)17-8-7-13-5-6-13/h11-14H,5-10H2,1-4H3,(H2,16,17,18). The first-order chi connectivity index (χ1) is 9.10. The molecule has 110 valence electrons. The van der Waals surface area contributed by atoms with Gasteiger partial charge in [-0.05, 0) is 32.1 Å². The number of aliphatic imine (C=N–C) groups is 1. The SMILES string of the molecule is CN=C(NCCC1CC1)NC1CN(C(C)C)CC1C. The third-order valence-electron chi connectivity index (χ3n) is 4.46. The van der Waals surface area contributed by atoms with Gasteiger partial charge in [-0.3, -0.25) is 9.89 Å². The molecule has 0 amide bonds. The fourth-order valence-electron chi connectivity index (χ4n) is 2.79. The van der Waals surface area contributed by atoms with E-state index in [9.17, 15) is 0 Å². The zero-order valence-electron chi connectivity index (χ0n) is 12.9. The second-order valence-electron chi connectivity index (χ2n) is 6.51. The molecule has 2 N–H and O–H groups in total. The van der Waals surface area contributed by atoms with Crippen molar-refractivity contribution in [2.24, 2.45) is 16.8 Å². The summed E-state index contributed by atoms with van der Waals surface area (Å²) >= 11 is 0. The molecule has 0 spiro atoms. The Hall–Kier alpha value is -0.770. The Morgan fingerprint density at radius 1 is 1.32 bits per heavy atom. The van der Waals surface area contributed by atoms with Crippen LogP contribution in [0.4, 0.5) is 0 Å². The van der Waals surface area contributed by atoms with Crippen LogP contribution in [0, 0.1) is 11.8 Å². The van der Waals surface area contributed by atoms with Crippen LogP contribution in [0.25, 0.3) is 0 Å². The molecule has 1 aliphatic carbocycles. The van der Waals surface area contributed by atoms with Crippen molar-refractivity contribution in [3.05, 3.63) is 0 Å². The van der Waals surface area contributed by atoms with Gasteiger partial charge in [0.05, 0.1) is 0 Å². The summed E-state index contributed by atoms with van der Waals surface area (Å²) in [5, 5.41) is 7.04. The third kappa shape index (κ3) is 4.37. The molecule has 0 bridgehead atoms. The summed E-state index contributed by atoms with van der Waals surface area (Å²) in [6.45, 7) is 10.3. The average molecular weight is 266 g/mol. The quantitative estimate of drug-likeness (QED) is 0.587. The molecule has 1 aliphatic heterocycles. The van der Waals surface area contributed by atoms with Gasteiger partial charge in [-0.15, -0.1) is 0 Å². The maximum atomic E-state index is 4.35. The largest absolute Gasteiger partial charge is 0.356 e. The van der Waals surface area contributed by atoms with E-state index in [4.69, 9.17) is 0 Å². The number of likely N-dealkylation sites (tertiary alicyclic amines) is 1. The number of hydrogen-bond acceptors (Lipinski definition) is 2. The minimum atomic E-state index is 0.523. The van der Waals surface area contributed by atoms with E-state index in [1.54, 1.807) is 0 Å². The summed E-state index contributed by atoms with van der Waals surface area (Å²) in [5.74, 6) is 2.64. The van der Waals surface area contributed by atoms with E-state index >= 15 is 0 Å². The van der Waals surface area contributed by atoms with Crippen molar-refractivity contribution in [2.75, 3.05) is 26.7 Å². The van der Waals surface area contributed by atoms with Crippen LogP contribution in [0.5, 0.6) is 0 Å². The van der Waals surface area contributed by atoms with Crippen LogP contribution in [0.1, 0.15) is 40.0 Å². The lowest BCUT2D eigenvalue weighted by Gasteiger charge is -2.21. The molecule has 2 fully saturated rings. The Balaban J connectivity index is 1.74. The van der Waals surface area contributed by atoms with E-state index in [1.165, 1.54) is 25.8 Å². The van der Waals surface area contributed by atoms with E-state index in [0.29, 0.717) is 18.0 Å². The third-order valence-corrected chi connectivity index (χ3v) is 4.46. The van der Waals surface area contributed by atoms with Gasteiger partial charge in [0.15, 0.2) is 5.96 Å². The minimum Gasteiger partial charge on any atom is -0.356 e. The number of hydrogen-bond donors (Lipinski definition) is 2. The topological polar surface area (TPSA) is 39.7 Å². The van der Waals surface area contributed by atoms with Crippen molar-refractivity contribution >= 4 is 5.96 Å². The summed E-state index contributed by atoms with van der Waals surface area (Å²) in [6, 6.07) is 1.16. The highest BCUT2D eigenvalue weighted by molar-refractivity contribution is 5.80. The van der Waals surface area contributed by atoms with Crippen molar-refractivity contribution in [3.8, 4) is 0 Å². The zero-order valence-corrected chi connectivity index (χ0v) is 12.9.